The summed E-state index contributed by atoms with van der Waals surface area (Å²) in [7, 11) is -1.85. The summed E-state index contributed by atoms with van der Waals surface area (Å²) >= 11 is 0. The van der Waals surface area contributed by atoms with Crippen LogP contribution in [0.2, 0.25) is 0 Å². The fourth-order valence-corrected chi connectivity index (χ4v) is 5.71. The maximum Gasteiger partial charge on any atom is 0.243 e. The van der Waals surface area contributed by atoms with Crippen molar-refractivity contribution >= 4 is 10.0 Å². The third kappa shape index (κ3) is 3.89. The quantitative estimate of drug-likeness (QED) is 0.785. The monoisotopic (exact) mass is 339 g/mol. The molecule has 1 aliphatic rings. The van der Waals surface area contributed by atoms with E-state index in [0.29, 0.717) is 17.2 Å². The largest absolute Gasteiger partial charge is 0.497 e. The molecule has 1 aliphatic heterocycles. The van der Waals surface area contributed by atoms with Crippen LogP contribution in [-0.4, -0.2) is 32.4 Å². The zero-order valence-electron chi connectivity index (χ0n) is 14.8. The van der Waals surface area contributed by atoms with Gasteiger partial charge in [0.1, 0.15) is 5.75 Å². The molecule has 0 saturated carbocycles. The zero-order valence-corrected chi connectivity index (χ0v) is 15.6. The van der Waals surface area contributed by atoms with Gasteiger partial charge in [0.15, 0.2) is 0 Å². The first-order valence-corrected chi connectivity index (χ1v) is 10.0. The van der Waals surface area contributed by atoms with Crippen molar-refractivity contribution in [2.75, 3.05) is 13.7 Å². The molecule has 0 aliphatic carbocycles. The lowest BCUT2D eigenvalue weighted by atomic mass is 10.00. The SMILES string of the molecule is CCCCC1CCCCN1S(=O)(=O)c1c(C)cc(OC)cc1C. The number of piperidine rings is 1. The van der Waals surface area contributed by atoms with E-state index >= 15 is 0 Å². The summed E-state index contributed by atoms with van der Waals surface area (Å²) in [6, 6.07) is 3.77. The number of unbranched alkanes of at least 4 members (excludes halogenated alkanes) is 1. The molecule has 1 unspecified atom stereocenters. The van der Waals surface area contributed by atoms with Crippen LogP contribution in [0.5, 0.6) is 5.75 Å². The Balaban J connectivity index is 2.40. The van der Waals surface area contributed by atoms with Crippen LogP contribution in [-0.2, 0) is 10.0 Å². The second-order valence-corrected chi connectivity index (χ2v) is 8.33. The molecule has 0 N–H and O–H groups in total. The molecule has 1 heterocycles. The molecule has 1 saturated heterocycles. The van der Waals surface area contributed by atoms with Crippen molar-refractivity contribution in [3.63, 3.8) is 0 Å². The van der Waals surface area contributed by atoms with Crippen LogP contribution in [0, 0.1) is 13.8 Å². The van der Waals surface area contributed by atoms with Crippen molar-refractivity contribution in [2.45, 2.75) is 70.2 Å². The smallest absolute Gasteiger partial charge is 0.243 e. The normalized spacial score (nSPS) is 19.7. The van der Waals surface area contributed by atoms with Crippen molar-refractivity contribution in [2.24, 2.45) is 0 Å². The Bertz CT molecular complexity index is 617. The highest BCUT2D eigenvalue weighted by Crippen LogP contribution is 2.33. The lowest BCUT2D eigenvalue weighted by Gasteiger charge is -2.35. The van der Waals surface area contributed by atoms with E-state index in [1.807, 2.05) is 26.0 Å². The fraction of sp³-hybridized carbons (Fsp3) is 0.667. The van der Waals surface area contributed by atoms with Gasteiger partial charge in [0.05, 0.1) is 12.0 Å². The summed E-state index contributed by atoms with van der Waals surface area (Å²) in [4.78, 5) is 0.460. The second kappa shape index (κ2) is 7.67. The van der Waals surface area contributed by atoms with E-state index in [2.05, 4.69) is 6.92 Å². The molecular weight excluding hydrogens is 310 g/mol. The van der Waals surface area contributed by atoms with Gasteiger partial charge in [-0.1, -0.05) is 26.2 Å². The number of aryl methyl sites for hydroxylation is 2. The van der Waals surface area contributed by atoms with Gasteiger partial charge in [-0.15, -0.1) is 0 Å². The van der Waals surface area contributed by atoms with Crippen LogP contribution in [0.3, 0.4) is 0 Å². The molecule has 0 radical (unpaired) electrons. The van der Waals surface area contributed by atoms with Gasteiger partial charge >= 0.3 is 0 Å². The molecular formula is C18H29NO3S. The predicted molar refractivity (Wildman–Crippen MR) is 93.5 cm³/mol. The Morgan fingerprint density at radius 2 is 1.87 bits per heavy atom. The van der Waals surface area contributed by atoms with Crippen LogP contribution in [0.25, 0.3) is 0 Å². The lowest BCUT2D eigenvalue weighted by Crippen LogP contribution is -2.44. The minimum Gasteiger partial charge on any atom is -0.497 e. The number of hydrogen-bond donors (Lipinski definition) is 0. The third-order valence-corrected chi connectivity index (χ3v) is 6.96. The summed E-state index contributed by atoms with van der Waals surface area (Å²) in [6.45, 7) is 6.50. The highest BCUT2D eigenvalue weighted by atomic mass is 32.2. The fourth-order valence-electron chi connectivity index (χ4n) is 3.57. The Hall–Kier alpha value is -1.07. The van der Waals surface area contributed by atoms with Gasteiger partial charge in [0, 0.05) is 12.6 Å². The first-order valence-electron chi connectivity index (χ1n) is 8.59. The summed E-state index contributed by atoms with van der Waals surface area (Å²) in [5.74, 6) is 0.708. The minimum absolute atomic E-state index is 0.148. The summed E-state index contributed by atoms with van der Waals surface area (Å²) in [6.07, 6.45) is 6.21. The topological polar surface area (TPSA) is 46.6 Å². The van der Waals surface area contributed by atoms with Gasteiger partial charge in [-0.2, -0.15) is 4.31 Å². The van der Waals surface area contributed by atoms with Gasteiger partial charge in [-0.3, -0.25) is 0 Å². The summed E-state index contributed by atoms with van der Waals surface area (Å²) < 4.78 is 33.6. The second-order valence-electron chi connectivity index (χ2n) is 6.50. The van der Waals surface area contributed by atoms with Crippen molar-refractivity contribution < 1.29 is 13.2 Å². The van der Waals surface area contributed by atoms with Crippen LogP contribution < -0.4 is 4.74 Å². The van der Waals surface area contributed by atoms with Crippen molar-refractivity contribution in [1.29, 1.82) is 0 Å². The maximum atomic E-state index is 13.3. The first kappa shape index (κ1) is 18.3. The molecule has 0 amide bonds. The van der Waals surface area contributed by atoms with Gasteiger partial charge in [-0.05, 0) is 56.4 Å². The van der Waals surface area contributed by atoms with Gasteiger partial charge < -0.3 is 4.74 Å². The Kier molecular flexibility index (Phi) is 6.09. The Morgan fingerprint density at radius 3 is 2.43 bits per heavy atom. The average Bonchev–Trinajstić information content (AvgIpc) is 2.52. The Labute approximate surface area is 140 Å². The standard InChI is InChI=1S/C18H29NO3S/c1-5-6-9-16-10-7-8-11-19(16)23(20,21)18-14(2)12-17(22-4)13-15(18)3/h12-13,16H,5-11H2,1-4H3. The highest BCUT2D eigenvalue weighted by Gasteiger charge is 2.34. The van der Waals surface area contributed by atoms with E-state index in [1.165, 1.54) is 0 Å². The number of ether oxygens (including phenoxy) is 1. The molecule has 23 heavy (non-hydrogen) atoms. The summed E-state index contributed by atoms with van der Waals surface area (Å²) in [5, 5.41) is 0. The van der Waals surface area contributed by atoms with Crippen LogP contribution in [0.4, 0.5) is 0 Å². The first-order chi connectivity index (χ1) is 10.9. The van der Waals surface area contributed by atoms with Gasteiger partial charge in [-0.25, -0.2) is 8.42 Å². The molecule has 0 bridgehead atoms. The highest BCUT2D eigenvalue weighted by molar-refractivity contribution is 7.89. The maximum absolute atomic E-state index is 13.3. The van der Waals surface area contributed by atoms with E-state index in [0.717, 1.165) is 49.7 Å². The van der Waals surface area contributed by atoms with Crippen molar-refractivity contribution in [1.82, 2.24) is 4.31 Å². The number of rotatable bonds is 6. The molecule has 4 nitrogen and oxygen atoms in total. The number of hydrogen-bond acceptors (Lipinski definition) is 3. The molecule has 130 valence electrons. The van der Waals surface area contributed by atoms with Gasteiger partial charge in [0.2, 0.25) is 10.0 Å². The van der Waals surface area contributed by atoms with Crippen LogP contribution in [0.1, 0.15) is 56.6 Å². The predicted octanol–water partition coefficient (Wildman–Crippen LogP) is 4.05. The van der Waals surface area contributed by atoms with Crippen LogP contribution >= 0.6 is 0 Å². The molecule has 5 heteroatoms. The molecule has 1 fully saturated rings. The minimum atomic E-state index is -3.45. The Morgan fingerprint density at radius 1 is 1.22 bits per heavy atom. The molecule has 0 spiro atoms. The lowest BCUT2D eigenvalue weighted by molar-refractivity contribution is 0.237. The average molecular weight is 340 g/mol. The van der Waals surface area contributed by atoms with Crippen molar-refractivity contribution in [3.05, 3.63) is 23.3 Å². The van der Waals surface area contributed by atoms with E-state index < -0.39 is 10.0 Å². The molecule has 1 atom stereocenters. The number of methoxy groups -OCH3 is 1. The number of sulfonamides is 1. The number of nitrogens with zero attached hydrogens (tertiary/aromatic N) is 1. The zero-order chi connectivity index (χ0) is 17.0. The van der Waals surface area contributed by atoms with Crippen molar-refractivity contribution in [3.8, 4) is 5.75 Å². The van der Waals surface area contributed by atoms with E-state index in [1.54, 1.807) is 11.4 Å². The van der Waals surface area contributed by atoms with E-state index in [-0.39, 0.29) is 6.04 Å². The van der Waals surface area contributed by atoms with E-state index in [9.17, 15) is 8.42 Å². The molecule has 1 aromatic carbocycles. The molecule has 2 rings (SSSR count). The molecule has 1 aromatic rings. The van der Waals surface area contributed by atoms with E-state index in [4.69, 9.17) is 4.74 Å². The van der Waals surface area contributed by atoms with Crippen LogP contribution in [0.15, 0.2) is 17.0 Å². The molecule has 0 aromatic heterocycles. The van der Waals surface area contributed by atoms with Gasteiger partial charge in [0.25, 0.3) is 0 Å². The third-order valence-electron chi connectivity index (χ3n) is 4.70. The summed E-state index contributed by atoms with van der Waals surface area (Å²) in [5.41, 5.74) is 1.53. The number of benzene rings is 1.